The van der Waals surface area contributed by atoms with Crippen molar-refractivity contribution in [2.24, 2.45) is 0 Å². The summed E-state index contributed by atoms with van der Waals surface area (Å²) in [5.41, 5.74) is 5.93. The van der Waals surface area contributed by atoms with Crippen LogP contribution in [0.3, 0.4) is 0 Å². The summed E-state index contributed by atoms with van der Waals surface area (Å²) in [6.45, 7) is 0. The quantitative estimate of drug-likeness (QED) is 0.549. The van der Waals surface area contributed by atoms with Gasteiger partial charge < -0.3 is 9.47 Å². The molecule has 0 saturated heterocycles. The molecule has 2 aromatic rings. The molecule has 2 aliphatic rings. The first-order chi connectivity index (χ1) is 17.1. The fourth-order valence-corrected chi connectivity index (χ4v) is 4.53. The highest BCUT2D eigenvalue weighted by Gasteiger charge is 2.17. The number of benzene rings is 2. The largest absolute Gasteiger partial charge is 0.497 e. The van der Waals surface area contributed by atoms with Crippen LogP contribution in [0.2, 0.25) is 0 Å². The van der Waals surface area contributed by atoms with Crippen molar-refractivity contribution in [2.45, 2.75) is 0 Å². The van der Waals surface area contributed by atoms with Crippen LogP contribution in [-0.2, 0) is 0 Å². The molecule has 9 heteroatoms. The Bertz CT molecular complexity index is 1170. The summed E-state index contributed by atoms with van der Waals surface area (Å²) in [5, 5.41) is 0. The number of nitrogens with zero attached hydrogens (tertiary/aromatic N) is 1. The number of thioether (sulfide) groups is 1. The van der Waals surface area contributed by atoms with Crippen LogP contribution in [0.5, 0.6) is 11.5 Å². The second-order valence-corrected chi connectivity index (χ2v) is 9.69. The first kappa shape index (κ1) is 27.5. The van der Waals surface area contributed by atoms with E-state index in [1.807, 2.05) is 24.3 Å². The van der Waals surface area contributed by atoms with E-state index in [2.05, 4.69) is 79.4 Å². The molecule has 4 rings (SSSR count). The zero-order valence-corrected chi connectivity index (χ0v) is 21.8. The van der Waals surface area contributed by atoms with Gasteiger partial charge >= 0.3 is 0 Å². The number of halogens is 1. The van der Waals surface area contributed by atoms with Crippen molar-refractivity contribution in [1.29, 1.82) is 0 Å². The van der Waals surface area contributed by atoms with Gasteiger partial charge in [-0.3, -0.25) is 0 Å². The Hall–Kier alpha value is -3.11. The molecule has 0 amide bonds. The smallest absolute Gasteiger partial charge is 0.199 e. The Kier molecular flexibility index (Phi) is 9.33. The van der Waals surface area contributed by atoms with E-state index < -0.39 is 10.2 Å². The lowest BCUT2D eigenvalue weighted by atomic mass is 9.99. The van der Waals surface area contributed by atoms with Crippen LogP contribution >= 0.6 is 11.8 Å². The van der Waals surface area contributed by atoms with Gasteiger partial charge in [0.05, 0.1) is 14.2 Å². The summed E-state index contributed by atoms with van der Waals surface area (Å²) in [7, 11) is 2.56. The van der Waals surface area contributed by atoms with Crippen LogP contribution in [0.4, 0.5) is 0 Å². The molecule has 0 N–H and O–H groups in total. The van der Waals surface area contributed by atoms with Crippen molar-refractivity contribution >= 4 is 27.3 Å². The SMILES string of the molecule is COc1ccc(C2=CC(=C3C=CC(=[N+](C)C)C=C3)C=C(c3ccc(OC)cc3)S2)cc1.[O-][Cl+3]([O-])([O-])[O-]. The second kappa shape index (κ2) is 12.2. The maximum atomic E-state index is 8.49. The summed E-state index contributed by atoms with van der Waals surface area (Å²) in [5.74, 6) is 1.72. The third kappa shape index (κ3) is 7.96. The Morgan fingerprint density at radius 1 is 0.639 bits per heavy atom. The van der Waals surface area contributed by atoms with E-state index in [0.717, 1.165) is 11.5 Å². The van der Waals surface area contributed by atoms with E-state index in [0.29, 0.717) is 0 Å². The Balaban J connectivity index is 0.000000658. The van der Waals surface area contributed by atoms with E-state index in [-0.39, 0.29) is 0 Å². The molecule has 36 heavy (non-hydrogen) atoms. The van der Waals surface area contributed by atoms with Gasteiger partial charge in [0.15, 0.2) is 5.71 Å². The first-order valence-corrected chi connectivity index (χ1v) is 12.8. The van der Waals surface area contributed by atoms with E-state index in [4.69, 9.17) is 28.1 Å². The standard InChI is InChI=1S/C27H26NO2S.ClHO4/c1-28(2)23-11-5-19(6-12-23)22-17-26(20-7-13-24(29-3)14-8-20)31-27(18-22)21-9-15-25(30-4)16-10-21;2-1(3,4)5/h5-18H,1-4H3;(H,2,3,4,5)/q+1;/p-1. The summed E-state index contributed by atoms with van der Waals surface area (Å²) in [6.07, 6.45) is 13.2. The molecule has 188 valence electrons. The van der Waals surface area contributed by atoms with E-state index in [9.17, 15) is 0 Å². The molecule has 1 heterocycles. The number of hydrogen-bond donors (Lipinski definition) is 0. The van der Waals surface area contributed by atoms with Crippen molar-refractivity contribution in [3.8, 4) is 11.5 Å². The number of allylic oxidation sites excluding steroid dienone is 8. The van der Waals surface area contributed by atoms with Crippen molar-refractivity contribution in [1.82, 2.24) is 0 Å². The normalized spacial score (nSPS) is 15.1. The minimum absolute atomic E-state index is 0.861. The number of methoxy groups -OCH3 is 2. The van der Waals surface area contributed by atoms with Crippen molar-refractivity contribution < 1.29 is 42.9 Å². The summed E-state index contributed by atoms with van der Waals surface area (Å²) in [4.78, 5) is 2.42. The van der Waals surface area contributed by atoms with E-state index in [1.165, 1.54) is 37.8 Å². The van der Waals surface area contributed by atoms with Crippen molar-refractivity contribution in [2.75, 3.05) is 28.3 Å². The molecule has 0 spiro atoms. The minimum Gasteiger partial charge on any atom is -0.497 e. The van der Waals surface area contributed by atoms with Gasteiger partial charge in [-0.15, -0.1) is 10.2 Å². The van der Waals surface area contributed by atoms with Gasteiger partial charge in [0.25, 0.3) is 0 Å². The van der Waals surface area contributed by atoms with Crippen molar-refractivity contribution in [3.05, 3.63) is 107 Å². The molecule has 7 nitrogen and oxygen atoms in total. The molecule has 0 unspecified atom stereocenters. The lowest BCUT2D eigenvalue weighted by Crippen LogP contribution is -2.68. The monoisotopic (exact) mass is 527 g/mol. The van der Waals surface area contributed by atoms with Crippen LogP contribution in [0.1, 0.15) is 11.1 Å². The zero-order chi connectivity index (χ0) is 26.3. The molecule has 0 bridgehead atoms. The molecule has 1 aliphatic carbocycles. The molecule has 2 aromatic carbocycles. The molecule has 1 aliphatic heterocycles. The zero-order valence-electron chi connectivity index (χ0n) is 20.3. The molecule has 0 saturated carbocycles. The van der Waals surface area contributed by atoms with Crippen LogP contribution in [0.25, 0.3) is 9.81 Å². The molecule has 0 atom stereocenters. The van der Waals surface area contributed by atoms with Crippen LogP contribution in [-0.4, -0.2) is 38.6 Å². The second-order valence-electron chi connectivity index (χ2n) is 7.85. The maximum absolute atomic E-state index is 8.49. The lowest BCUT2D eigenvalue weighted by molar-refractivity contribution is -2.00. The summed E-state index contributed by atoms with van der Waals surface area (Å²) in [6, 6.07) is 16.5. The molecular weight excluding hydrogens is 502 g/mol. The summed E-state index contributed by atoms with van der Waals surface area (Å²) >= 11 is 1.78. The Labute approximate surface area is 217 Å². The fraction of sp³-hybridized carbons (Fsp3) is 0.148. The van der Waals surface area contributed by atoms with Gasteiger partial charge in [-0.25, -0.2) is 23.2 Å². The highest BCUT2D eigenvalue weighted by Crippen LogP contribution is 2.45. The van der Waals surface area contributed by atoms with E-state index in [1.54, 1.807) is 26.0 Å². The minimum atomic E-state index is -4.94. The fourth-order valence-electron chi connectivity index (χ4n) is 3.42. The average molecular weight is 528 g/mol. The van der Waals surface area contributed by atoms with Gasteiger partial charge in [-0.1, -0.05) is 36.0 Å². The third-order valence-corrected chi connectivity index (χ3v) is 6.41. The predicted molar refractivity (Wildman–Crippen MR) is 132 cm³/mol. The molecule has 0 fully saturated rings. The van der Waals surface area contributed by atoms with Gasteiger partial charge in [-0.2, -0.15) is 0 Å². The van der Waals surface area contributed by atoms with Crippen LogP contribution < -0.4 is 28.1 Å². The molecule has 0 radical (unpaired) electrons. The Morgan fingerprint density at radius 2 is 1.03 bits per heavy atom. The lowest BCUT2D eigenvalue weighted by Gasteiger charge is -2.19. The van der Waals surface area contributed by atoms with Crippen molar-refractivity contribution in [3.63, 3.8) is 0 Å². The highest BCUT2D eigenvalue weighted by atomic mass is 35.7. The van der Waals surface area contributed by atoms with Crippen LogP contribution in [0.15, 0.2) is 96.1 Å². The summed E-state index contributed by atoms with van der Waals surface area (Å²) < 4.78 is 46.7. The maximum Gasteiger partial charge on any atom is 0.199 e. The van der Waals surface area contributed by atoms with Gasteiger partial charge in [0.2, 0.25) is 0 Å². The number of rotatable bonds is 4. The average Bonchev–Trinajstić information content (AvgIpc) is 2.87. The predicted octanol–water partition coefficient (Wildman–Crippen LogP) is 1.21. The highest BCUT2D eigenvalue weighted by molar-refractivity contribution is 8.16. The van der Waals surface area contributed by atoms with Gasteiger partial charge in [-0.05, 0) is 70.8 Å². The first-order valence-electron chi connectivity index (χ1n) is 10.7. The third-order valence-electron chi connectivity index (χ3n) is 5.26. The topological polar surface area (TPSA) is 114 Å². The number of hydrogen-bond acceptors (Lipinski definition) is 7. The van der Waals surface area contributed by atoms with Gasteiger partial charge in [0, 0.05) is 22.0 Å². The van der Waals surface area contributed by atoms with Gasteiger partial charge in [0.1, 0.15) is 25.6 Å². The van der Waals surface area contributed by atoms with Crippen LogP contribution in [0, 0.1) is 10.2 Å². The molecule has 0 aromatic heterocycles. The number of ether oxygens (including phenoxy) is 2. The van der Waals surface area contributed by atoms with E-state index >= 15 is 0 Å². The molecular formula is C27H26ClNO6S. The Morgan fingerprint density at radius 3 is 1.36 bits per heavy atom.